The second kappa shape index (κ2) is 3.79. The van der Waals surface area contributed by atoms with Crippen LogP contribution in [0.2, 0.25) is 19.6 Å². The van der Waals surface area contributed by atoms with Crippen LogP contribution in [-0.2, 0) is 9.22 Å². The molecule has 2 rings (SSSR count). The second-order valence-electron chi connectivity index (χ2n) is 6.92. The molecule has 0 radical (unpaired) electrons. The third-order valence-electron chi connectivity index (χ3n) is 4.25. The van der Waals surface area contributed by atoms with Crippen LogP contribution in [0, 0.1) is 5.41 Å². The van der Waals surface area contributed by atoms with Crippen molar-refractivity contribution in [1.29, 1.82) is 0 Å². The van der Waals surface area contributed by atoms with Crippen LogP contribution in [0.3, 0.4) is 0 Å². The zero-order chi connectivity index (χ0) is 12.9. The molecule has 0 aromatic rings. The molecule has 3 heteroatoms. The lowest BCUT2D eigenvalue weighted by Gasteiger charge is -2.49. The maximum absolute atomic E-state index is 12.3. The van der Waals surface area contributed by atoms with E-state index < -0.39 is 8.32 Å². The van der Waals surface area contributed by atoms with E-state index in [4.69, 9.17) is 4.43 Å². The van der Waals surface area contributed by atoms with Crippen molar-refractivity contribution in [2.75, 3.05) is 0 Å². The summed E-state index contributed by atoms with van der Waals surface area (Å²) in [5.74, 6) is 0.389. The SMILES string of the molecule is C=C1C[C@]2(O[Si](C)(C)C)CCCC(=O)[C@]2(C)C1. The van der Waals surface area contributed by atoms with Gasteiger partial charge in [-0.3, -0.25) is 4.79 Å². The summed E-state index contributed by atoms with van der Waals surface area (Å²) in [4.78, 5) is 12.3. The van der Waals surface area contributed by atoms with Gasteiger partial charge in [-0.25, -0.2) is 0 Å². The van der Waals surface area contributed by atoms with Gasteiger partial charge >= 0.3 is 0 Å². The zero-order valence-corrected chi connectivity index (χ0v) is 12.6. The van der Waals surface area contributed by atoms with E-state index in [2.05, 4.69) is 33.1 Å². The summed E-state index contributed by atoms with van der Waals surface area (Å²) in [6, 6.07) is 0. The number of hydrogen-bond acceptors (Lipinski definition) is 2. The van der Waals surface area contributed by atoms with E-state index in [0.717, 1.165) is 32.1 Å². The number of carbonyl (C=O) groups excluding carboxylic acids is 1. The van der Waals surface area contributed by atoms with Gasteiger partial charge in [-0.05, 0) is 52.2 Å². The van der Waals surface area contributed by atoms with Crippen LogP contribution in [0.25, 0.3) is 0 Å². The van der Waals surface area contributed by atoms with Crippen molar-refractivity contribution in [2.24, 2.45) is 5.41 Å². The molecule has 2 fully saturated rings. The molecule has 17 heavy (non-hydrogen) atoms. The fraction of sp³-hybridized carbons (Fsp3) is 0.786. The molecular formula is C14H24O2Si. The third-order valence-corrected chi connectivity index (χ3v) is 5.25. The van der Waals surface area contributed by atoms with Gasteiger partial charge in [-0.2, -0.15) is 0 Å². The fourth-order valence-corrected chi connectivity index (χ4v) is 5.21. The van der Waals surface area contributed by atoms with Crippen molar-refractivity contribution in [3.05, 3.63) is 12.2 Å². The van der Waals surface area contributed by atoms with E-state index >= 15 is 0 Å². The Morgan fingerprint density at radius 3 is 2.53 bits per heavy atom. The van der Waals surface area contributed by atoms with Crippen LogP contribution in [0.5, 0.6) is 0 Å². The van der Waals surface area contributed by atoms with Gasteiger partial charge in [-0.1, -0.05) is 12.2 Å². The number of rotatable bonds is 2. The van der Waals surface area contributed by atoms with Gasteiger partial charge in [0.05, 0.1) is 11.0 Å². The van der Waals surface area contributed by atoms with Crippen LogP contribution in [0.1, 0.15) is 39.0 Å². The predicted octanol–water partition coefficient (Wildman–Crippen LogP) is 3.69. The largest absolute Gasteiger partial charge is 0.411 e. The summed E-state index contributed by atoms with van der Waals surface area (Å²) in [5, 5.41) is 0. The highest BCUT2D eigenvalue weighted by atomic mass is 28.4. The first-order chi connectivity index (χ1) is 7.69. The van der Waals surface area contributed by atoms with Crippen LogP contribution >= 0.6 is 0 Å². The average Bonchev–Trinajstić information content (AvgIpc) is 2.35. The quantitative estimate of drug-likeness (QED) is 0.553. The Labute approximate surface area is 106 Å². The van der Waals surface area contributed by atoms with Crippen molar-refractivity contribution in [3.63, 3.8) is 0 Å². The molecule has 2 atom stereocenters. The standard InChI is InChI=1S/C14H24O2Si/c1-11-9-13(2)12(15)7-6-8-14(13,10-11)16-17(3,4)5/h1,6-10H2,2-5H3/t13-,14+/m0/s1. The summed E-state index contributed by atoms with van der Waals surface area (Å²) >= 11 is 0. The lowest BCUT2D eigenvalue weighted by molar-refractivity contribution is -0.146. The Hall–Kier alpha value is -0.413. The zero-order valence-electron chi connectivity index (χ0n) is 11.6. The molecule has 2 nitrogen and oxygen atoms in total. The number of Topliss-reactive ketones (excluding diaryl/α,β-unsaturated/α-hetero) is 1. The van der Waals surface area contributed by atoms with E-state index in [9.17, 15) is 4.79 Å². The van der Waals surface area contributed by atoms with E-state index in [1.54, 1.807) is 0 Å². The van der Waals surface area contributed by atoms with Crippen molar-refractivity contribution in [2.45, 2.75) is 64.3 Å². The molecule has 96 valence electrons. The van der Waals surface area contributed by atoms with Gasteiger partial charge in [0.1, 0.15) is 5.78 Å². The molecule has 0 saturated heterocycles. The molecule has 0 heterocycles. The number of fused-ring (bicyclic) bond motifs is 1. The molecule has 2 aliphatic rings. The lowest BCUT2D eigenvalue weighted by atomic mass is 9.65. The fourth-order valence-electron chi connectivity index (χ4n) is 3.64. The molecule has 2 saturated carbocycles. The maximum Gasteiger partial charge on any atom is 0.184 e. The minimum absolute atomic E-state index is 0.232. The second-order valence-corrected chi connectivity index (χ2v) is 11.3. The summed E-state index contributed by atoms with van der Waals surface area (Å²) in [5.41, 5.74) is 0.660. The monoisotopic (exact) mass is 252 g/mol. The summed E-state index contributed by atoms with van der Waals surface area (Å²) < 4.78 is 6.49. The molecule has 0 bridgehead atoms. The first-order valence-corrected chi connectivity index (χ1v) is 10.00. The van der Waals surface area contributed by atoms with Crippen LogP contribution in [0.4, 0.5) is 0 Å². The molecule has 2 aliphatic carbocycles. The lowest BCUT2D eigenvalue weighted by Crippen LogP contribution is -2.56. The van der Waals surface area contributed by atoms with Gasteiger partial charge in [-0.15, -0.1) is 0 Å². The molecule has 0 aromatic carbocycles. The van der Waals surface area contributed by atoms with Crippen molar-refractivity contribution in [3.8, 4) is 0 Å². The number of carbonyl (C=O) groups is 1. The molecule has 0 spiro atoms. The first kappa shape index (κ1) is 13.0. The van der Waals surface area contributed by atoms with Crippen molar-refractivity contribution >= 4 is 14.1 Å². The van der Waals surface area contributed by atoms with Crippen LogP contribution in [0.15, 0.2) is 12.2 Å². The van der Waals surface area contributed by atoms with Crippen LogP contribution in [-0.4, -0.2) is 19.7 Å². The minimum atomic E-state index is -1.64. The number of hydrogen-bond donors (Lipinski definition) is 0. The molecule has 0 unspecified atom stereocenters. The average molecular weight is 252 g/mol. The Morgan fingerprint density at radius 2 is 1.94 bits per heavy atom. The van der Waals surface area contributed by atoms with E-state index in [0.29, 0.717) is 5.78 Å². The van der Waals surface area contributed by atoms with Gasteiger partial charge < -0.3 is 4.43 Å². The van der Waals surface area contributed by atoms with Crippen molar-refractivity contribution in [1.82, 2.24) is 0 Å². The van der Waals surface area contributed by atoms with Gasteiger partial charge in [0.2, 0.25) is 0 Å². The van der Waals surface area contributed by atoms with Gasteiger partial charge in [0.15, 0.2) is 8.32 Å². The molecule has 0 aliphatic heterocycles. The molecule has 0 amide bonds. The molecule has 0 N–H and O–H groups in total. The predicted molar refractivity (Wildman–Crippen MR) is 72.5 cm³/mol. The first-order valence-electron chi connectivity index (χ1n) is 6.59. The Morgan fingerprint density at radius 1 is 1.29 bits per heavy atom. The maximum atomic E-state index is 12.3. The Bertz CT molecular complexity index is 369. The van der Waals surface area contributed by atoms with Crippen molar-refractivity contribution < 1.29 is 9.22 Å². The van der Waals surface area contributed by atoms with Crippen LogP contribution < -0.4 is 0 Å². The normalized spacial score (nSPS) is 38.4. The molecule has 0 aromatic heterocycles. The Balaban J connectivity index is 2.40. The highest BCUT2D eigenvalue weighted by Gasteiger charge is 2.60. The topological polar surface area (TPSA) is 26.3 Å². The summed E-state index contributed by atoms with van der Waals surface area (Å²) in [6.07, 6.45) is 4.45. The van der Waals surface area contributed by atoms with E-state index in [1.807, 2.05) is 0 Å². The summed E-state index contributed by atoms with van der Waals surface area (Å²) in [7, 11) is -1.64. The summed E-state index contributed by atoms with van der Waals surface area (Å²) in [6.45, 7) is 12.9. The van der Waals surface area contributed by atoms with Gasteiger partial charge in [0, 0.05) is 6.42 Å². The number of ketones is 1. The molecular weight excluding hydrogens is 228 g/mol. The minimum Gasteiger partial charge on any atom is -0.411 e. The smallest absolute Gasteiger partial charge is 0.184 e. The Kier molecular flexibility index (Phi) is 2.90. The van der Waals surface area contributed by atoms with E-state index in [1.165, 1.54) is 5.57 Å². The third kappa shape index (κ3) is 2.04. The highest BCUT2D eigenvalue weighted by molar-refractivity contribution is 6.69. The van der Waals surface area contributed by atoms with Gasteiger partial charge in [0.25, 0.3) is 0 Å². The highest BCUT2D eigenvalue weighted by Crippen LogP contribution is 2.57. The van der Waals surface area contributed by atoms with E-state index in [-0.39, 0.29) is 11.0 Å².